The second kappa shape index (κ2) is 4.66. The molecule has 0 aliphatic rings. The molecule has 1 rings (SSSR count). The van der Waals surface area contributed by atoms with Gasteiger partial charge in [0.25, 0.3) is 0 Å². The summed E-state index contributed by atoms with van der Waals surface area (Å²) in [5.41, 5.74) is 0.424. The number of carbonyl (C=O) groups excluding carboxylic acids is 1. The first-order valence-electron chi connectivity index (χ1n) is 3.70. The van der Waals surface area contributed by atoms with Gasteiger partial charge in [-0.25, -0.2) is 0 Å². The maximum absolute atomic E-state index is 10.7. The number of benzene rings is 1. The van der Waals surface area contributed by atoms with Gasteiger partial charge in [-0.3, -0.25) is 4.79 Å². The number of hydrogen-bond acceptors (Lipinski definition) is 3. The van der Waals surface area contributed by atoms with E-state index in [1.165, 1.54) is 14.2 Å². The van der Waals surface area contributed by atoms with E-state index < -0.39 is 0 Å². The molecule has 0 atom stereocenters. The molecule has 1 aromatic rings. The first kappa shape index (κ1) is 11.3. The third kappa shape index (κ3) is 1.86. The lowest BCUT2D eigenvalue weighted by Crippen LogP contribution is -1.95. The van der Waals surface area contributed by atoms with Crippen LogP contribution < -0.4 is 9.47 Å². The van der Waals surface area contributed by atoms with E-state index in [0.717, 1.165) is 0 Å². The molecule has 0 spiro atoms. The molecule has 3 nitrogen and oxygen atoms in total. The Morgan fingerprint density at radius 3 is 2.50 bits per heavy atom. The first-order chi connectivity index (χ1) is 6.65. The minimum Gasteiger partial charge on any atom is -0.493 e. The molecular weight excluding hydrogens is 271 g/mol. The van der Waals surface area contributed by atoms with Gasteiger partial charge in [0.05, 0.1) is 18.7 Å². The molecule has 5 heteroatoms. The van der Waals surface area contributed by atoms with Gasteiger partial charge < -0.3 is 9.47 Å². The Hall–Kier alpha value is -0.740. The van der Waals surface area contributed by atoms with Gasteiger partial charge >= 0.3 is 0 Å². The van der Waals surface area contributed by atoms with Crippen molar-refractivity contribution < 1.29 is 14.3 Å². The molecule has 0 heterocycles. The predicted octanol–water partition coefficient (Wildman–Crippen LogP) is 2.93. The summed E-state index contributed by atoms with van der Waals surface area (Å²) in [6, 6.07) is 1.56. The van der Waals surface area contributed by atoms with Crippen LogP contribution in [0, 0.1) is 0 Å². The van der Waals surface area contributed by atoms with Crippen LogP contribution >= 0.6 is 27.5 Å². The van der Waals surface area contributed by atoms with Crippen molar-refractivity contribution in [2.45, 2.75) is 0 Å². The van der Waals surface area contributed by atoms with Crippen molar-refractivity contribution in [1.29, 1.82) is 0 Å². The molecule has 0 N–H and O–H groups in total. The zero-order chi connectivity index (χ0) is 10.7. The number of rotatable bonds is 3. The van der Waals surface area contributed by atoms with Gasteiger partial charge in [-0.15, -0.1) is 0 Å². The molecule has 0 unspecified atom stereocenters. The molecule has 0 saturated carbocycles. The molecule has 0 saturated heterocycles. The molecule has 0 fully saturated rings. The summed E-state index contributed by atoms with van der Waals surface area (Å²) in [7, 11) is 2.97. The van der Waals surface area contributed by atoms with Crippen LogP contribution in [0.1, 0.15) is 10.4 Å². The summed E-state index contributed by atoms with van der Waals surface area (Å²) < 4.78 is 10.6. The summed E-state index contributed by atoms with van der Waals surface area (Å²) in [6.07, 6.45) is 0.692. The lowest BCUT2D eigenvalue weighted by atomic mass is 10.2. The molecule has 0 aliphatic heterocycles. The van der Waals surface area contributed by atoms with E-state index in [1.807, 2.05) is 0 Å². The Kier molecular flexibility index (Phi) is 3.77. The molecule has 0 amide bonds. The number of methoxy groups -OCH3 is 2. The van der Waals surface area contributed by atoms with Gasteiger partial charge in [-0.1, -0.05) is 11.6 Å². The molecule has 14 heavy (non-hydrogen) atoms. The van der Waals surface area contributed by atoms with E-state index in [1.54, 1.807) is 6.07 Å². The molecular formula is C9H8BrClO3. The summed E-state index contributed by atoms with van der Waals surface area (Å²) in [5, 5.41) is 0.328. The van der Waals surface area contributed by atoms with Crippen molar-refractivity contribution >= 4 is 33.8 Å². The van der Waals surface area contributed by atoms with Crippen LogP contribution in [0.2, 0.25) is 5.02 Å². The summed E-state index contributed by atoms with van der Waals surface area (Å²) in [4.78, 5) is 10.7. The summed E-state index contributed by atoms with van der Waals surface area (Å²) >= 11 is 9.15. The highest BCUT2D eigenvalue weighted by atomic mass is 79.9. The molecule has 1 aromatic carbocycles. The van der Waals surface area contributed by atoms with Gasteiger partial charge in [0.2, 0.25) is 0 Å². The smallest absolute Gasteiger partial charge is 0.180 e. The fourth-order valence-corrected chi connectivity index (χ4v) is 1.70. The van der Waals surface area contributed by atoms with Crippen LogP contribution in [0.4, 0.5) is 0 Å². The van der Waals surface area contributed by atoms with Crippen molar-refractivity contribution in [1.82, 2.24) is 0 Å². The van der Waals surface area contributed by atoms with Gasteiger partial charge in [0, 0.05) is 5.56 Å². The van der Waals surface area contributed by atoms with Crippen LogP contribution in [0.25, 0.3) is 0 Å². The number of ether oxygens (including phenoxy) is 2. The normalized spacial score (nSPS) is 9.71. The zero-order valence-corrected chi connectivity index (χ0v) is 9.98. The number of hydrogen-bond donors (Lipinski definition) is 0. The zero-order valence-electron chi connectivity index (χ0n) is 7.64. The largest absolute Gasteiger partial charge is 0.493 e. The third-order valence-corrected chi connectivity index (χ3v) is 3.15. The van der Waals surface area contributed by atoms with E-state index in [4.69, 9.17) is 21.1 Å². The SMILES string of the molecule is COc1cc(C=O)c(Br)c(Cl)c1OC. The Bertz CT molecular complexity index is 366. The van der Waals surface area contributed by atoms with Crippen molar-refractivity contribution in [3.8, 4) is 11.5 Å². The first-order valence-corrected chi connectivity index (χ1v) is 4.88. The molecule has 76 valence electrons. The highest BCUT2D eigenvalue weighted by Gasteiger charge is 2.15. The average molecular weight is 280 g/mol. The van der Waals surface area contributed by atoms with Crippen LogP contribution in [-0.2, 0) is 0 Å². The minimum absolute atomic E-state index is 0.328. The maximum Gasteiger partial charge on any atom is 0.180 e. The highest BCUT2D eigenvalue weighted by Crippen LogP contribution is 2.41. The quantitative estimate of drug-likeness (QED) is 0.798. The predicted molar refractivity (Wildman–Crippen MR) is 57.6 cm³/mol. The summed E-state index contributed by atoms with van der Waals surface area (Å²) in [6.45, 7) is 0. The standard InChI is InChI=1S/C9H8BrClO3/c1-13-6-3-5(4-12)7(10)8(11)9(6)14-2/h3-4H,1-2H3. The minimum atomic E-state index is 0.328. The van der Waals surface area contributed by atoms with Crippen molar-refractivity contribution in [3.05, 3.63) is 21.1 Å². The van der Waals surface area contributed by atoms with Gasteiger partial charge in [-0.05, 0) is 22.0 Å². The lowest BCUT2D eigenvalue weighted by Gasteiger charge is -2.11. The molecule has 0 aromatic heterocycles. The monoisotopic (exact) mass is 278 g/mol. The molecule has 0 radical (unpaired) electrons. The average Bonchev–Trinajstić information content (AvgIpc) is 2.21. The molecule has 0 bridgehead atoms. The van der Waals surface area contributed by atoms with Gasteiger partial charge in [-0.2, -0.15) is 0 Å². The van der Waals surface area contributed by atoms with Gasteiger partial charge in [0.1, 0.15) is 5.02 Å². The maximum atomic E-state index is 10.7. The Labute approximate surface area is 95.1 Å². The van der Waals surface area contributed by atoms with E-state index >= 15 is 0 Å². The second-order valence-electron chi connectivity index (χ2n) is 2.45. The third-order valence-electron chi connectivity index (χ3n) is 1.71. The van der Waals surface area contributed by atoms with Crippen molar-refractivity contribution in [3.63, 3.8) is 0 Å². The van der Waals surface area contributed by atoms with Crippen LogP contribution in [-0.4, -0.2) is 20.5 Å². The number of halogens is 2. The number of aldehydes is 1. The second-order valence-corrected chi connectivity index (χ2v) is 3.62. The van der Waals surface area contributed by atoms with E-state index in [-0.39, 0.29) is 0 Å². The van der Waals surface area contributed by atoms with Crippen molar-refractivity contribution in [2.24, 2.45) is 0 Å². The highest BCUT2D eigenvalue weighted by molar-refractivity contribution is 9.10. The van der Waals surface area contributed by atoms with E-state index in [0.29, 0.717) is 32.8 Å². The molecule has 0 aliphatic carbocycles. The fraction of sp³-hybridized carbons (Fsp3) is 0.222. The number of carbonyl (C=O) groups is 1. The Morgan fingerprint density at radius 1 is 1.43 bits per heavy atom. The lowest BCUT2D eigenvalue weighted by molar-refractivity contribution is 0.112. The van der Waals surface area contributed by atoms with E-state index in [2.05, 4.69) is 15.9 Å². The van der Waals surface area contributed by atoms with Crippen LogP contribution in [0.3, 0.4) is 0 Å². The Morgan fingerprint density at radius 2 is 2.07 bits per heavy atom. The Balaban J connectivity index is 3.45. The van der Waals surface area contributed by atoms with Crippen molar-refractivity contribution in [2.75, 3.05) is 14.2 Å². The summed E-state index contributed by atoms with van der Waals surface area (Å²) in [5.74, 6) is 0.842. The van der Waals surface area contributed by atoms with Gasteiger partial charge in [0.15, 0.2) is 17.8 Å². The topological polar surface area (TPSA) is 35.5 Å². The fourth-order valence-electron chi connectivity index (χ4n) is 1.03. The van der Waals surface area contributed by atoms with Crippen LogP contribution in [0.15, 0.2) is 10.5 Å². The van der Waals surface area contributed by atoms with Crippen LogP contribution in [0.5, 0.6) is 11.5 Å². The van der Waals surface area contributed by atoms with E-state index in [9.17, 15) is 4.79 Å².